The number of nitrogens with zero attached hydrogens (tertiary/aromatic N) is 4. The minimum Gasteiger partial charge on any atom is -0.398 e. The quantitative estimate of drug-likeness (QED) is 0.701. The van der Waals surface area contributed by atoms with Gasteiger partial charge in [-0.3, -0.25) is 0 Å². The maximum atomic E-state index is 9.81. The lowest BCUT2D eigenvalue weighted by molar-refractivity contribution is 0.198. The fourth-order valence-corrected chi connectivity index (χ4v) is 2.94. The Hall–Kier alpha value is -2.60. The molecule has 0 amide bonds. The summed E-state index contributed by atoms with van der Waals surface area (Å²) in [6, 6.07) is 11.6. The van der Waals surface area contributed by atoms with E-state index in [4.69, 9.17) is 5.73 Å². The molecular formula is C16H17N5O. The van der Waals surface area contributed by atoms with E-state index >= 15 is 0 Å². The molecule has 6 nitrogen and oxygen atoms in total. The molecule has 1 fully saturated rings. The van der Waals surface area contributed by atoms with Crippen molar-refractivity contribution in [3.05, 3.63) is 42.6 Å². The zero-order chi connectivity index (χ0) is 15.1. The van der Waals surface area contributed by atoms with Gasteiger partial charge in [0.1, 0.15) is 5.82 Å². The van der Waals surface area contributed by atoms with E-state index in [0.29, 0.717) is 12.2 Å². The van der Waals surface area contributed by atoms with Crippen molar-refractivity contribution >= 4 is 17.2 Å². The monoisotopic (exact) mass is 295 g/mol. The Bertz CT molecular complexity index is 828. The summed E-state index contributed by atoms with van der Waals surface area (Å²) >= 11 is 0. The van der Waals surface area contributed by atoms with Crippen LogP contribution >= 0.6 is 0 Å². The third-order valence-corrected chi connectivity index (χ3v) is 4.06. The summed E-state index contributed by atoms with van der Waals surface area (Å²) in [5.41, 5.74) is 9.29. The number of benzene rings is 1. The van der Waals surface area contributed by atoms with Crippen LogP contribution in [0.1, 0.15) is 6.42 Å². The molecule has 1 atom stereocenters. The molecule has 1 aliphatic rings. The SMILES string of the molecule is Nc1ccccc1-c1cc(N2CCC(O)C2)n2nccc2n1. The minimum atomic E-state index is -0.288. The molecule has 6 heteroatoms. The molecule has 0 bridgehead atoms. The van der Waals surface area contributed by atoms with Gasteiger partial charge in [0.05, 0.1) is 18.0 Å². The molecule has 4 rings (SSSR count). The molecule has 1 aliphatic heterocycles. The second-order valence-electron chi connectivity index (χ2n) is 5.58. The first-order valence-electron chi connectivity index (χ1n) is 7.35. The minimum absolute atomic E-state index is 0.288. The van der Waals surface area contributed by atoms with Crippen LogP contribution < -0.4 is 10.6 Å². The van der Waals surface area contributed by atoms with Gasteiger partial charge < -0.3 is 15.7 Å². The second-order valence-corrected chi connectivity index (χ2v) is 5.58. The molecule has 1 unspecified atom stereocenters. The molecule has 0 radical (unpaired) electrons. The first-order chi connectivity index (χ1) is 10.7. The Kier molecular flexibility index (Phi) is 2.97. The number of aliphatic hydroxyl groups excluding tert-OH is 1. The van der Waals surface area contributed by atoms with Crippen molar-refractivity contribution in [2.75, 3.05) is 23.7 Å². The fraction of sp³-hybridized carbons (Fsp3) is 0.250. The van der Waals surface area contributed by atoms with Crippen molar-refractivity contribution in [2.24, 2.45) is 0 Å². The molecule has 1 aromatic carbocycles. The Morgan fingerprint density at radius 2 is 2.09 bits per heavy atom. The van der Waals surface area contributed by atoms with E-state index < -0.39 is 0 Å². The van der Waals surface area contributed by atoms with Gasteiger partial charge in [-0.15, -0.1) is 0 Å². The molecule has 3 heterocycles. The van der Waals surface area contributed by atoms with Crippen LogP contribution in [0.15, 0.2) is 42.6 Å². The maximum Gasteiger partial charge on any atom is 0.157 e. The third-order valence-electron chi connectivity index (χ3n) is 4.06. The summed E-state index contributed by atoms with van der Waals surface area (Å²) in [6.07, 6.45) is 2.22. The smallest absolute Gasteiger partial charge is 0.157 e. The number of para-hydroxylation sites is 1. The van der Waals surface area contributed by atoms with Gasteiger partial charge in [0, 0.05) is 36.5 Å². The molecule has 0 aliphatic carbocycles. The predicted molar refractivity (Wildman–Crippen MR) is 85.7 cm³/mol. The van der Waals surface area contributed by atoms with Crippen LogP contribution in [-0.4, -0.2) is 38.9 Å². The van der Waals surface area contributed by atoms with Gasteiger partial charge >= 0.3 is 0 Å². The van der Waals surface area contributed by atoms with Gasteiger partial charge in [0.25, 0.3) is 0 Å². The number of fused-ring (bicyclic) bond motifs is 1. The topological polar surface area (TPSA) is 79.7 Å². The molecule has 1 saturated heterocycles. The lowest BCUT2D eigenvalue weighted by atomic mass is 10.1. The van der Waals surface area contributed by atoms with Gasteiger partial charge in [0.2, 0.25) is 0 Å². The van der Waals surface area contributed by atoms with Gasteiger partial charge in [-0.1, -0.05) is 18.2 Å². The van der Waals surface area contributed by atoms with E-state index in [1.807, 2.05) is 36.4 Å². The number of hydrogen-bond acceptors (Lipinski definition) is 5. The first-order valence-corrected chi connectivity index (χ1v) is 7.35. The Morgan fingerprint density at radius 1 is 1.23 bits per heavy atom. The van der Waals surface area contributed by atoms with Crippen LogP contribution in [0.5, 0.6) is 0 Å². The van der Waals surface area contributed by atoms with Crippen LogP contribution in [0.4, 0.5) is 11.5 Å². The van der Waals surface area contributed by atoms with E-state index in [2.05, 4.69) is 15.0 Å². The Balaban J connectivity index is 1.89. The summed E-state index contributed by atoms with van der Waals surface area (Å²) in [4.78, 5) is 6.78. The highest BCUT2D eigenvalue weighted by Gasteiger charge is 2.23. The predicted octanol–water partition coefficient (Wildman–Crippen LogP) is 1.55. The van der Waals surface area contributed by atoms with E-state index in [-0.39, 0.29) is 6.10 Å². The Labute approximate surface area is 127 Å². The maximum absolute atomic E-state index is 9.81. The average molecular weight is 295 g/mol. The number of nitrogens with two attached hydrogens (primary N) is 1. The lowest BCUT2D eigenvalue weighted by Crippen LogP contribution is -2.24. The van der Waals surface area contributed by atoms with Crippen LogP contribution in [0.3, 0.4) is 0 Å². The molecule has 0 spiro atoms. The number of anilines is 2. The van der Waals surface area contributed by atoms with Gasteiger partial charge in [0.15, 0.2) is 5.65 Å². The molecule has 2 aromatic heterocycles. The molecule has 3 aromatic rings. The lowest BCUT2D eigenvalue weighted by Gasteiger charge is -2.19. The molecule has 22 heavy (non-hydrogen) atoms. The van der Waals surface area contributed by atoms with Gasteiger partial charge in [-0.05, 0) is 12.5 Å². The van der Waals surface area contributed by atoms with Crippen molar-refractivity contribution < 1.29 is 5.11 Å². The molecule has 3 N–H and O–H groups in total. The summed E-state index contributed by atoms with van der Waals surface area (Å²) < 4.78 is 1.81. The zero-order valence-corrected chi connectivity index (χ0v) is 12.1. The number of β-amino-alcohol motifs (C(OH)–C–C–N with tert-alkyl or cyclic N) is 1. The zero-order valence-electron chi connectivity index (χ0n) is 12.1. The third kappa shape index (κ3) is 2.08. The standard InChI is InChI=1S/C16H17N5O/c17-13-4-2-1-3-12(13)14-9-16(20-8-6-11(22)10-20)21-15(19-14)5-7-18-21/h1-5,7,9,11,22H,6,8,10,17H2. The highest BCUT2D eigenvalue weighted by molar-refractivity contribution is 5.76. The highest BCUT2D eigenvalue weighted by atomic mass is 16.3. The van der Waals surface area contributed by atoms with Crippen molar-refractivity contribution in [2.45, 2.75) is 12.5 Å². The number of nitrogen functional groups attached to an aromatic ring is 1. The largest absolute Gasteiger partial charge is 0.398 e. The average Bonchev–Trinajstić information content (AvgIpc) is 3.15. The van der Waals surface area contributed by atoms with E-state index in [1.165, 1.54) is 0 Å². The summed E-state index contributed by atoms with van der Waals surface area (Å²) in [5, 5.41) is 14.2. The van der Waals surface area contributed by atoms with Crippen LogP contribution in [0.2, 0.25) is 0 Å². The van der Waals surface area contributed by atoms with E-state index in [9.17, 15) is 5.11 Å². The van der Waals surface area contributed by atoms with Crippen molar-refractivity contribution in [3.63, 3.8) is 0 Å². The van der Waals surface area contributed by atoms with Gasteiger partial charge in [-0.25, -0.2) is 4.98 Å². The molecule has 112 valence electrons. The number of aromatic nitrogens is 3. The molecule has 0 saturated carbocycles. The van der Waals surface area contributed by atoms with Crippen molar-refractivity contribution in [1.29, 1.82) is 0 Å². The van der Waals surface area contributed by atoms with Crippen molar-refractivity contribution in [3.8, 4) is 11.3 Å². The van der Waals surface area contributed by atoms with E-state index in [0.717, 1.165) is 35.7 Å². The summed E-state index contributed by atoms with van der Waals surface area (Å²) in [5.74, 6) is 0.935. The first kappa shape index (κ1) is 13.1. The van der Waals surface area contributed by atoms with Crippen LogP contribution in [-0.2, 0) is 0 Å². The molecular weight excluding hydrogens is 278 g/mol. The van der Waals surface area contributed by atoms with E-state index in [1.54, 1.807) is 10.7 Å². The summed E-state index contributed by atoms with van der Waals surface area (Å²) in [6.45, 7) is 1.42. The van der Waals surface area contributed by atoms with Crippen LogP contribution in [0, 0.1) is 0 Å². The van der Waals surface area contributed by atoms with Gasteiger partial charge in [-0.2, -0.15) is 9.61 Å². The summed E-state index contributed by atoms with van der Waals surface area (Å²) in [7, 11) is 0. The number of rotatable bonds is 2. The van der Waals surface area contributed by atoms with Crippen LogP contribution in [0.25, 0.3) is 16.9 Å². The number of aliphatic hydroxyl groups is 1. The normalized spacial score (nSPS) is 18.2. The van der Waals surface area contributed by atoms with Crippen molar-refractivity contribution in [1.82, 2.24) is 14.6 Å². The second kappa shape index (κ2) is 4.99. The fourth-order valence-electron chi connectivity index (χ4n) is 2.94. The Morgan fingerprint density at radius 3 is 2.86 bits per heavy atom. The number of hydrogen-bond donors (Lipinski definition) is 2. The highest BCUT2D eigenvalue weighted by Crippen LogP contribution is 2.29.